The monoisotopic (exact) mass is 365 g/mol. The van der Waals surface area contributed by atoms with E-state index in [1.165, 1.54) is 12.4 Å². The van der Waals surface area contributed by atoms with Crippen LogP contribution in [0.3, 0.4) is 0 Å². The van der Waals surface area contributed by atoms with Crippen LogP contribution in [0, 0.1) is 0 Å². The smallest absolute Gasteiger partial charge is 0.341 e. The lowest BCUT2D eigenvalue weighted by Gasteiger charge is -2.34. The number of benzene rings is 1. The van der Waals surface area contributed by atoms with E-state index in [0.29, 0.717) is 30.2 Å². The largest absolute Gasteiger partial charge is 0.462 e. The number of hydrogen-bond acceptors (Lipinski definition) is 8. The van der Waals surface area contributed by atoms with Gasteiger partial charge in [-0.15, -0.1) is 0 Å². The predicted molar refractivity (Wildman–Crippen MR) is 98.9 cm³/mol. The Balaban J connectivity index is 1.33. The second-order valence-corrected chi connectivity index (χ2v) is 6.84. The van der Waals surface area contributed by atoms with Crippen LogP contribution >= 0.6 is 0 Å². The lowest BCUT2D eigenvalue weighted by molar-refractivity contribution is 0.0525. The van der Waals surface area contributed by atoms with Gasteiger partial charge >= 0.3 is 5.97 Å². The van der Waals surface area contributed by atoms with Gasteiger partial charge in [0.1, 0.15) is 0 Å². The molecule has 2 aromatic heterocycles. The van der Waals surface area contributed by atoms with E-state index < -0.39 is 5.97 Å². The predicted octanol–water partition coefficient (Wildman–Crippen LogP) is 2.26. The van der Waals surface area contributed by atoms with Gasteiger partial charge in [-0.3, -0.25) is 0 Å². The minimum Gasteiger partial charge on any atom is -0.462 e. The van der Waals surface area contributed by atoms with Crippen molar-refractivity contribution in [3.05, 3.63) is 42.2 Å². The molecule has 2 aliphatic heterocycles. The number of rotatable bonds is 4. The number of para-hydroxylation sites is 1. The van der Waals surface area contributed by atoms with Crippen molar-refractivity contribution in [1.82, 2.24) is 15.1 Å². The number of fused-ring (bicyclic) bond motifs is 3. The van der Waals surface area contributed by atoms with Crippen LogP contribution in [0.1, 0.15) is 23.7 Å². The maximum Gasteiger partial charge on any atom is 0.341 e. The van der Waals surface area contributed by atoms with Gasteiger partial charge < -0.3 is 19.1 Å². The van der Waals surface area contributed by atoms with Gasteiger partial charge in [0, 0.05) is 25.5 Å². The summed E-state index contributed by atoms with van der Waals surface area (Å²) >= 11 is 0. The SMILES string of the molecule is CCOC(=O)c1cnc(N2C[C@@H]3C[C@H]2CN3c2noc3ccccc23)nc1. The standard InChI is InChI=1S/C19H19N5O3/c1-2-26-18(25)12-8-20-19(21-9-12)24-11-13-7-14(24)10-23(13)17-15-5-3-4-6-16(15)27-22-17/h3-6,8-9,13-14H,2,7,10-11H2,1H3/t13-,14-/m0/s1. The molecule has 138 valence electrons. The molecule has 0 N–H and O–H groups in total. The van der Waals surface area contributed by atoms with Crippen LogP contribution in [0.15, 0.2) is 41.2 Å². The van der Waals surface area contributed by atoms with Gasteiger partial charge in [-0.05, 0) is 25.5 Å². The van der Waals surface area contributed by atoms with Crippen molar-refractivity contribution < 1.29 is 14.1 Å². The van der Waals surface area contributed by atoms with Crippen molar-refractivity contribution in [2.45, 2.75) is 25.4 Å². The van der Waals surface area contributed by atoms with Crippen LogP contribution in [0.2, 0.25) is 0 Å². The molecule has 8 nitrogen and oxygen atoms in total. The first-order valence-electron chi connectivity index (χ1n) is 9.11. The van der Waals surface area contributed by atoms with Crippen LogP contribution in [0.25, 0.3) is 11.0 Å². The number of hydrogen-bond donors (Lipinski definition) is 0. The Morgan fingerprint density at radius 1 is 1.19 bits per heavy atom. The van der Waals surface area contributed by atoms with E-state index in [9.17, 15) is 4.79 Å². The summed E-state index contributed by atoms with van der Waals surface area (Å²) in [5.41, 5.74) is 1.19. The van der Waals surface area contributed by atoms with Gasteiger partial charge in [0.25, 0.3) is 0 Å². The number of ether oxygens (including phenoxy) is 1. The molecule has 5 rings (SSSR count). The van der Waals surface area contributed by atoms with E-state index >= 15 is 0 Å². The molecule has 4 heterocycles. The fraction of sp³-hybridized carbons (Fsp3) is 0.368. The van der Waals surface area contributed by atoms with Crippen LogP contribution in [-0.2, 0) is 4.74 Å². The first-order chi connectivity index (χ1) is 13.2. The van der Waals surface area contributed by atoms with Crippen LogP contribution in [0.5, 0.6) is 0 Å². The van der Waals surface area contributed by atoms with Crippen molar-refractivity contribution in [3.63, 3.8) is 0 Å². The summed E-state index contributed by atoms with van der Waals surface area (Å²) in [5.74, 6) is 1.17. The third-order valence-corrected chi connectivity index (χ3v) is 5.28. The minimum absolute atomic E-state index is 0.318. The summed E-state index contributed by atoms with van der Waals surface area (Å²) in [6.07, 6.45) is 4.11. The van der Waals surface area contributed by atoms with E-state index in [1.807, 2.05) is 24.3 Å². The normalized spacial score (nSPS) is 21.2. The number of carbonyl (C=O) groups is 1. The van der Waals surface area contributed by atoms with Crippen LogP contribution in [0.4, 0.5) is 11.8 Å². The van der Waals surface area contributed by atoms with E-state index in [0.717, 1.165) is 36.3 Å². The highest BCUT2D eigenvalue weighted by atomic mass is 16.5. The van der Waals surface area contributed by atoms with E-state index in [1.54, 1.807) is 6.92 Å². The molecule has 2 atom stereocenters. The molecule has 0 unspecified atom stereocenters. The number of aromatic nitrogens is 3. The molecule has 0 aliphatic carbocycles. The number of esters is 1. The van der Waals surface area contributed by atoms with E-state index in [4.69, 9.17) is 9.26 Å². The molecule has 0 spiro atoms. The lowest BCUT2D eigenvalue weighted by atomic mass is 10.2. The highest BCUT2D eigenvalue weighted by Crippen LogP contribution is 2.38. The Kier molecular flexibility index (Phi) is 3.70. The maximum atomic E-state index is 11.7. The molecule has 3 aromatic rings. The van der Waals surface area contributed by atoms with Crippen molar-refractivity contribution in [2.75, 3.05) is 29.5 Å². The molecule has 2 bridgehead atoms. The summed E-state index contributed by atoms with van der Waals surface area (Å²) in [7, 11) is 0. The number of carbonyl (C=O) groups excluding carboxylic acids is 1. The molecule has 0 saturated carbocycles. The topological polar surface area (TPSA) is 84.6 Å². The van der Waals surface area contributed by atoms with Gasteiger partial charge in [-0.25, -0.2) is 14.8 Å². The highest BCUT2D eigenvalue weighted by molar-refractivity contribution is 5.89. The first-order valence-corrected chi connectivity index (χ1v) is 9.11. The molecule has 27 heavy (non-hydrogen) atoms. The molecular weight excluding hydrogens is 346 g/mol. The van der Waals surface area contributed by atoms with Gasteiger partial charge in [-0.2, -0.15) is 0 Å². The Morgan fingerprint density at radius 2 is 1.93 bits per heavy atom. The molecule has 1 aromatic carbocycles. The fourth-order valence-corrected chi connectivity index (χ4v) is 4.04. The zero-order valence-electron chi connectivity index (χ0n) is 14.9. The fourth-order valence-electron chi connectivity index (χ4n) is 4.04. The average molecular weight is 365 g/mol. The Bertz CT molecular complexity index is 986. The quantitative estimate of drug-likeness (QED) is 0.651. The number of anilines is 2. The Hall–Kier alpha value is -3.16. The summed E-state index contributed by atoms with van der Waals surface area (Å²) in [6, 6.07) is 8.60. The second-order valence-electron chi connectivity index (χ2n) is 6.84. The average Bonchev–Trinajstić information content (AvgIpc) is 3.41. The Morgan fingerprint density at radius 3 is 2.67 bits per heavy atom. The highest BCUT2D eigenvalue weighted by Gasteiger charge is 2.45. The summed E-state index contributed by atoms with van der Waals surface area (Å²) in [4.78, 5) is 25.0. The molecule has 2 saturated heterocycles. The van der Waals surface area contributed by atoms with Crippen molar-refractivity contribution in [1.29, 1.82) is 0 Å². The zero-order chi connectivity index (χ0) is 18.4. The summed E-state index contributed by atoms with van der Waals surface area (Å²) in [6.45, 7) is 3.79. The van der Waals surface area contributed by atoms with Crippen molar-refractivity contribution in [3.8, 4) is 0 Å². The molecule has 2 fully saturated rings. The van der Waals surface area contributed by atoms with Gasteiger partial charge in [0.15, 0.2) is 11.4 Å². The number of nitrogens with zero attached hydrogens (tertiary/aromatic N) is 5. The molecule has 8 heteroatoms. The van der Waals surface area contributed by atoms with Crippen molar-refractivity contribution in [2.24, 2.45) is 0 Å². The number of piperazine rings is 1. The lowest BCUT2D eigenvalue weighted by Crippen LogP contribution is -2.47. The molecular formula is C19H19N5O3. The molecule has 2 aliphatic rings. The molecule has 0 amide bonds. The first kappa shape index (κ1) is 16.0. The van der Waals surface area contributed by atoms with Crippen LogP contribution < -0.4 is 9.80 Å². The third kappa shape index (κ3) is 2.59. The van der Waals surface area contributed by atoms with Gasteiger partial charge in [0.05, 0.1) is 29.6 Å². The minimum atomic E-state index is -0.393. The Labute approximate surface area is 155 Å². The van der Waals surface area contributed by atoms with Crippen molar-refractivity contribution >= 4 is 28.7 Å². The van der Waals surface area contributed by atoms with E-state index in [-0.39, 0.29) is 0 Å². The molecule has 0 radical (unpaired) electrons. The van der Waals surface area contributed by atoms with E-state index in [2.05, 4.69) is 24.9 Å². The summed E-state index contributed by atoms with van der Waals surface area (Å²) in [5, 5.41) is 5.34. The second kappa shape index (κ2) is 6.22. The summed E-state index contributed by atoms with van der Waals surface area (Å²) < 4.78 is 10.4. The van der Waals surface area contributed by atoms with Gasteiger partial charge in [-0.1, -0.05) is 17.3 Å². The van der Waals surface area contributed by atoms with Crippen LogP contribution in [-0.4, -0.2) is 52.9 Å². The van der Waals surface area contributed by atoms with Gasteiger partial charge in [0.2, 0.25) is 5.95 Å². The third-order valence-electron chi connectivity index (χ3n) is 5.28. The maximum absolute atomic E-state index is 11.7. The zero-order valence-corrected chi connectivity index (χ0v) is 14.9.